The van der Waals surface area contributed by atoms with Crippen LogP contribution in [0.2, 0.25) is 5.15 Å². The highest BCUT2D eigenvalue weighted by Gasteiger charge is 2.38. The average molecular weight is 260 g/mol. The van der Waals surface area contributed by atoms with Crippen LogP contribution in [0.4, 0.5) is 22.0 Å². The van der Waals surface area contributed by atoms with E-state index in [0.29, 0.717) is 6.07 Å². The highest BCUT2D eigenvalue weighted by atomic mass is 35.5. The van der Waals surface area contributed by atoms with E-state index in [4.69, 9.17) is 11.6 Å². The minimum absolute atomic E-state index is 0.312. The molecule has 0 atom stereocenters. The lowest BCUT2D eigenvalue weighted by Crippen LogP contribution is -2.14. The fourth-order valence-corrected chi connectivity index (χ4v) is 1.26. The largest absolute Gasteiger partial charge is 0.434 e. The van der Waals surface area contributed by atoms with E-state index in [2.05, 4.69) is 4.98 Å². The third kappa shape index (κ3) is 2.46. The van der Waals surface area contributed by atoms with Gasteiger partial charge in [-0.3, -0.25) is 4.79 Å². The number of hydrogen-bond acceptors (Lipinski definition) is 2. The van der Waals surface area contributed by atoms with Gasteiger partial charge in [0.05, 0.1) is 5.56 Å². The summed E-state index contributed by atoms with van der Waals surface area (Å²) in [6.07, 6.45) is -8.56. The van der Waals surface area contributed by atoms with Gasteiger partial charge in [0.15, 0.2) is 12.0 Å². The maximum absolute atomic E-state index is 12.4. The summed E-state index contributed by atoms with van der Waals surface area (Å²) in [5.74, 6) is 0. The molecule has 0 N–H and O–H groups in total. The van der Waals surface area contributed by atoms with Crippen LogP contribution in [0.25, 0.3) is 0 Å². The van der Waals surface area contributed by atoms with Gasteiger partial charge in [-0.25, -0.2) is 13.8 Å². The standard InChI is InChI=1S/C8H3ClF5NO/c9-5-1-3(7(10)11)4(2-16)6(15-5)8(12,13)14/h1-2,7H. The zero-order valence-electron chi connectivity index (χ0n) is 7.36. The summed E-state index contributed by atoms with van der Waals surface area (Å²) in [7, 11) is 0. The van der Waals surface area contributed by atoms with Crippen molar-refractivity contribution >= 4 is 17.9 Å². The summed E-state index contributed by atoms with van der Waals surface area (Å²) < 4.78 is 61.7. The van der Waals surface area contributed by atoms with E-state index in [0.717, 1.165) is 0 Å². The number of alkyl halides is 5. The number of halogens is 6. The van der Waals surface area contributed by atoms with Gasteiger partial charge in [-0.15, -0.1) is 0 Å². The van der Waals surface area contributed by atoms with E-state index >= 15 is 0 Å². The molecule has 1 rings (SSSR count). The first-order valence-corrected chi connectivity index (χ1v) is 4.16. The average Bonchev–Trinajstić information content (AvgIpc) is 2.14. The number of rotatable bonds is 2. The summed E-state index contributed by atoms with van der Waals surface area (Å²) in [5.41, 5.74) is -3.97. The molecular weight excluding hydrogens is 257 g/mol. The van der Waals surface area contributed by atoms with Gasteiger partial charge in [-0.05, 0) is 6.07 Å². The van der Waals surface area contributed by atoms with Gasteiger partial charge in [0, 0.05) is 5.56 Å². The van der Waals surface area contributed by atoms with E-state index in [1.165, 1.54) is 0 Å². The van der Waals surface area contributed by atoms with Gasteiger partial charge < -0.3 is 0 Å². The minimum atomic E-state index is -5.01. The molecule has 2 nitrogen and oxygen atoms in total. The quantitative estimate of drug-likeness (QED) is 0.462. The second-order valence-electron chi connectivity index (χ2n) is 2.71. The Bertz CT molecular complexity index is 418. The van der Waals surface area contributed by atoms with Gasteiger partial charge >= 0.3 is 6.18 Å². The van der Waals surface area contributed by atoms with E-state index in [1.54, 1.807) is 0 Å². The molecule has 88 valence electrons. The molecule has 0 aliphatic rings. The second kappa shape index (κ2) is 4.32. The van der Waals surface area contributed by atoms with Crippen molar-refractivity contribution in [1.82, 2.24) is 4.98 Å². The van der Waals surface area contributed by atoms with E-state index in [-0.39, 0.29) is 6.29 Å². The Morgan fingerprint density at radius 2 is 1.94 bits per heavy atom. The molecule has 0 unspecified atom stereocenters. The van der Waals surface area contributed by atoms with Crippen LogP contribution < -0.4 is 0 Å². The first kappa shape index (κ1) is 12.8. The van der Waals surface area contributed by atoms with E-state index < -0.39 is 34.6 Å². The first-order valence-electron chi connectivity index (χ1n) is 3.78. The highest BCUT2D eigenvalue weighted by Crippen LogP contribution is 2.35. The zero-order chi connectivity index (χ0) is 12.5. The molecule has 0 aromatic carbocycles. The third-order valence-electron chi connectivity index (χ3n) is 1.68. The van der Waals surface area contributed by atoms with Crippen molar-refractivity contribution < 1.29 is 26.7 Å². The first-order chi connectivity index (χ1) is 7.27. The summed E-state index contributed by atoms with van der Waals surface area (Å²) in [6, 6.07) is 0.533. The van der Waals surface area contributed by atoms with Crippen molar-refractivity contribution in [3.8, 4) is 0 Å². The Hall–Kier alpha value is -1.24. The fraction of sp³-hybridized carbons (Fsp3) is 0.250. The third-order valence-corrected chi connectivity index (χ3v) is 1.87. The predicted molar refractivity (Wildman–Crippen MR) is 44.6 cm³/mol. The van der Waals surface area contributed by atoms with Crippen LogP contribution in [0.15, 0.2) is 6.07 Å². The van der Waals surface area contributed by atoms with Crippen LogP contribution in [0, 0.1) is 0 Å². The Morgan fingerprint density at radius 1 is 1.38 bits per heavy atom. The number of carbonyl (C=O) groups is 1. The maximum atomic E-state index is 12.4. The molecule has 0 aliphatic carbocycles. The van der Waals surface area contributed by atoms with Crippen molar-refractivity contribution in [2.45, 2.75) is 12.6 Å². The number of hydrogen-bond donors (Lipinski definition) is 0. The Balaban J connectivity index is 3.55. The van der Waals surface area contributed by atoms with Crippen LogP contribution in [0.3, 0.4) is 0 Å². The molecule has 0 saturated carbocycles. The highest BCUT2D eigenvalue weighted by molar-refractivity contribution is 6.29. The summed E-state index contributed by atoms with van der Waals surface area (Å²) in [6.45, 7) is 0. The molecule has 8 heteroatoms. The molecule has 0 bridgehead atoms. The molecule has 0 fully saturated rings. The summed E-state index contributed by atoms with van der Waals surface area (Å²) in [5, 5.41) is -0.742. The van der Waals surface area contributed by atoms with Crippen molar-refractivity contribution in [2.24, 2.45) is 0 Å². The Kier molecular flexibility index (Phi) is 3.47. The smallest absolute Gasteiger partial charge is 0.298 e. The SMILES string of the molecule is O=Cc1c(C(F)F)cc(Cl)nc1C(F)(F)F. The minimum Gasteiger partial charge on any atom is -0.298 e. The molecule has 1 aromatic rings. The molecule has 16 heavy (non-hydrogen) atoms. The number of pyridine rings is 1. The number of nitrogens with zero attached hydrogens (tertiary/aromatic N) is 1. The molecule has 1 aromatic heterocycles. The number of aldehydes is 1. The monoisotopic (exact) mass is 259 g/mol. The van der Waals surface area contributed by atoms with Gasteiger partial charge in [0.2, 0.25) is 0 Å². The van der Waals surface area contributed by atoms with Crippen LogP contribution in [0.1, 0.15) is 28.0 Å². The lowest BCUT2D eigenvalue weighted by atomic mass is 10.1. The number of carbonyl (C=O) groups excluding carboxylic acids is 1. The van der Waals surface area contributed by atoms with Gasteiger partial charge in [-0.2, -0.15) is 13.2 Å². The van der Waals surface area contributed by atoms with Crippen molar-refractivity contribution in [3.63, 3.8) is 0 Å². The van der Waals surface area contributed by atoms with E-state index in [9.17, 15) is 26.7 Å². The molecule has 0 spiro atoms. The molecule has 0 amide bonds. The van der Waals surface area contributed by atoms with Crippen LogP contribution in [-0.2, 0) is 6.18 Å². The molecule has 0 radical (unpaired) electrons. The van der Waals surface area contributed by atoms with Crippen LogP contribution >= 0.6 is 11.6 Å². The van der Waals surface area contributed by atoms with Gasteiger partial charge in [-0.1, -0.05) is 11.6 Å². The second-order valence-corrected chi connectivity index (χ2v) is 3.10. The molecule has 0 saturated heterocycles. The summed E-state index contributed by atoms with van der Waals surface area (Å²) >= 11 is 5.17. The van der Waals surface area contributed by atoms with Crippen molar-refractivity contribution in [3.05, 3.63) is 28.0 Å². The lowest BCUT2D eigenvalue weighted by Gasteiger charge is -2.12. The Labute approximate surface area is 91.0 Å². The van der Waals surface area contributed by atoms with Gasteiger partial charge in [0.1, 0.15) is 5.15 Å². The topological polar surface area (TPSA) is 30.0 Å². The number of aromatic nitrogens is 1. The van der Waals surface area contributed by atoms with E-state index in [1.807, 2.05) is 0 Å². The lowest BCUT2D eigenvalue weighted by molar-refractivity contribution is -0.141. The Morgan fingerprint density at radius 3 is 2.31 bits per heavy atom. The predicted octanol–water partition coefficient (Wildman–Crippen LogP) is 3.50. The zero-order valence-corrected chi connectivity index (χ0v) is 8.11. The van der Waals surface area contributed by atoms with Crippen LogP contribution in [-0.4, -0.2) is 11.3 Å². The van der Waals surface area contributed by atoms with Crippen molar-refractivity contribution in [2.75, 3.05) is 0 Å². The maximum Gasteiger partial charge on any atom is 0.434 e. The normalized spacial score (nSPS) is 11.9. The molecular formula is C8H3ClF5NO. The van der Waals surface area contributed by atoms with Crippen molar-refractivity contribution in [1.29, 1.82) is 0 Å². The fourth-order valence-electron chi connectivity index (χ4n) is 1.06. The summed E-state index contributed by atoms with van der Waals surface area (Å²) in [4.78, 5) is 13.2. The van der Waals surface area contributed by atoms with Gasteiger partial charge in [0.25, 0.3) is 6.43 Å². The van der Waals surface area contributed by atoms with Crippen LogP contribution in [0.5, 0.6) is 0 Å². The molecule has 0 aliphatic heterocycles. The molecule has 1 heterocycles.